The Kier molecular flexibility index (Phi) is 4.19. The quantitative estimate of drug-likeness (QED) is 0.691. The van der Waals surface area contributed by atoms with Gasteiger partial charge in [-0.3, -0.25) is 0 Å². The lowest BCUT2D eigenvalue weighted by atomic mass is 10.0. The van der Waals surface area contributed by atoms with E-state index in [0.29, 0.717) is 6.42 Å². The Hall–Kier alpha value is -0.860. The Balaban J connectivity index is 2.11. The number of hydrogen-bond acceptors (Lipinski definition) is 0. The molecule has 0 aliphatic rings. The standard InChI is InChI=1S/C14H11BrClF/c15-12-6-4-11(5-7-12)14(16)9-10-2-1-3-13(17)8-10/h1-8,14H,9H2. The number of benzene rings is 2. The predicted octanol–water partition coefficient (Wildman–Crippen LogP) is 5.11. The first-order valence-corrected chi connectivity index (χ1v) is 6.52. The van der Waals surface area contributed by atoms with Crippen LogP contribution >= 0.6 is 27.5 Å². The van der Waals surface area contributed by atoms with Crippen molar-refractivity contribution in [3.8, 4) is 0 Å². The predicted molar refractivity (Wildman–Crippen MR) is 72.8 cm³/mol. The third kappa shape index (κ3) is 3.55. The largest absolute Gasteiger partial charge is 0.207 e. The van der Waals surface area contributed by atoms with Crippen molar-refractivity contribution in [3.05, 3.63) is 69.9 Å². The molecule has 0 amide bonds. The van der Waals surface area contributed by atoms with Crippen molar-refractivity contribution < 1.29 is 4.39 Å². The van der Waals surface area contributed by atoms with Gasteiger partial charge in [0.2, 0.25) is 0 Å². The van der Waals surface area contributed by atoms with E-state index in [2.05, 4.69) is 15.9 Å². The van der Waals surface area contributed by atoms with Gasteiger partial charge in [-0.15, -0.1) is 11.6 Å². The van der Waals surface area contributed by atoms with Gasteiger partial charge >= 0.3 is 0 Å². The highest BCUT2D eigenvalue weighted by Gasteiger charge is 2.09. The van der Waals surface area contributed by atoms with Crippen molar-refractivity contribution in [1.82, 2.24) is 0 Å². The van der Waals surface area contributed by atoms with Crippen LogP contribution in [0.3, 0.4) is 0 Å². The third-order valence-electron chi connectivity index (χ3n) is 2.54. The minimum Gasteiger partial charge on any atom is -0.207 e. The average Bonchev–Trinajstić information content (AvgIpc) is 2.29. The zero-order valence-electron chi connectivity index (χ0n) is 9.04. The molecule has 2 rings (SSSR count). The summed E-state index contributed by atoms with van der Waals surface area (Å²) in [6.45, 7) is 0. The van der Waals surface area contributed by atoms with Crippen molar-refractivity contribution in [1.29, 1.82) is 0 Å². The highest BCUT2D eigenvalue weighted by atomic mass is 79.9. The van der Waals surface area contributed by atoms with Gasteiger partial charge in [-0.2, -0.15) is 0 Å². The Labute approximate surface area is 114 Å². The van der Waals surface area contributed by atoms with Gasteiger partial charge in [0.25, 0.3) is 0 Å². The Morgan fingerprint density at radius 3 is 2.47 bits per heavy atom. The van der Waals surface area contributed by atoms with E-state index in [-0.39, 0.29) is 11.2 Å². The maximum atomic E-state index is 13.0. The summed E-state index contributed by atoms with van der Waals surface area (Å²) in [6, 6.07) is 14.4. The van der Waals surface area contributed by atoms with Crippen LogP contribution in [0, 0.1) is 5.82 Å². The molecule has 1 atom stereocenters. The van der Waals surface area contributed by atoms with E-state index in [1.54, 1.807) is 6.07 Å². The highest BCUT2D eigenvalue weighted by Crippen LogP contribution is 2.26. The minimum absolute atomic E-state index is 0.134. The van der Waals surface area contributed by atoms with Gasteiger partial charge in [-0.1, -0.05) is 40.2 Å². The first-order valence-electron chi connectivity index (χ1n) is 5.29. The fraction of sp³-hybridized carbons (Fsp3) is 0.143. The van der Waals surface area contributed by atoms with Crippen molar-refractivity contribution in [3.63, 3.8) is 0 Å². The van der Waals surface area contributed by atoms with Gasteiger partial charge in [-0.05, 0) is 41.8 Å². The monoisotopic (exact) mass is 312 g/mol. The molecular weight excluding hydrogens is 303 g/mol. The van der Waals surface area contributed by atoms with Crippen LogP contribution in [-0.4, -0.2) is 0 Å². The molecule has 0 saturated carbocycles. The molecule has 0 saturated heterocycles. The molecular formula is C14H11BrClF. The second-order valence-corrected chi connectivity index (χ2v) is 5.30. The molecule has 0 spiro atoms. The molecule has 88 valence electrons. The second kappa shape index (κ2) is 5.65. The van der Waals surface area contributed by atoms with Crippen molar-refractivity contribution >= 4 is 27.5 Å². The summed E-state index contributed by atoms with van der Waals surface area (Å²) in [7, 11) is 0. The fourth-order valence-electron chi connectivity index (χ4n) is 1.66. The molecule has 0 heterocycles. The zero-order valence-corrected chi connectivity index (χ0v) is 11.4. The van der Waals surface area contributed by atoms with Crippen molar-refractivity contribution in [2.45, 2.75) is 11.8 Å². The molecule has 0 aliphatic carbocycles. The zero-order chi connectivity index (χ0) is 12.3. The SMILES string of the molecule is Fc1cccc(CC(Cl)c2ccc(Br)cc2)c1. The second-order valence-electron chi connectivity index (χ2n) is 3.85. The lowest BCUT2D eigenvalue weighted by molar-refractivity contribution is 0.625. The molecule has 0 aromatic heterocycles. The summed E-state index contributed by atoms with van der Waals surface area (Å²) in [6.07, 6.45) is 0.626. The van der Waals surface area contributed by atoms with Crippen molar-refractivity contribution in [2.75, 3.05) is 0 Å². The Morgan fingerprint density at radius 1 is 1.12 bits per heavy atom. The van der Waals surface area contributed by atoms with Crippen LogP contribution in [0.4, 0.5) is 4.39 Å². The molecule has 0 fully saturated rings. The Bertz CT molecular complexity index is 496. The number of alkyl halides is 1. The van der Waals surface area contributed by atoms with Crippen LogP contribution in [0.15, 0.2) is 53.0 Å². The van der Waals surface area contributed by atoms with E-state index in [1.165, 1.54) is 12.1 Å². The average molecular weight is 314 g/mol. The van der Waals surface area contributed by atoms with E-state index >= 15 is 0 Å². The van der Waals surface area contributed by atoms with Gasteiger partial charge in [-0.25, -0.2) is 4.39 Å². The van der Waals surface area contributed by atoms with Crippen LogP contribution in [0.1, 0.15) is 16.5 Å². The maximum absolute atomic E-state index is 13.0. The maximum Gasteiger partial charge on any atom is 0.123 e. The molecule has 0 radical (unpaired) electrons. The van der Waals surface area contributed by atoms with Crippen LogP contribution < -0.4 is 0 Å². The minimum atomic E-state index is -0.220. The Morgan fingerprint density at radius 2 is 1.82 bits per heavy atom. The van der Waals surface area contributed by atoms with E-state index in [9.17, 15) is 4.39 Å². The third-order valence-corrected chi connectivity index (χ3v) is 3.47. The lowest BCUT2D eigenvalue weighted by Gasteiger charge is -2.10. The normalized spacial score (nSPS) is 12.4. The van der Waals surface area contributed by atoms with Crippen LogP contribution in [-0.2, 0) is 6.42 Å². The molecule has 2 aromatic carbocycles. The van der Waals surface area contributed by atoms with E-state index < -0.39 is 0 Å². The summed E-state index contributed by atoms with van der Waals surface area (Å²) in [5, 5.41) is -0.134. The first kappa shape index (κ1) is 12.6. The van der Waals surface area contributed by atoms with E-state index in [4.69, 9.17) is 11.6 Å². The summed E-state index contributed by atoms with van der Waals surface area (Å²) in [5.74, 6) is -0.220. The molecule has 2 aromatic rings. The topological polar surface area (TPSA) is 0 Å². The number of rotatable bonds is 3. The molecule has 0 N–H and O–H groups in total. The van der Waals surface area contributed by atoms with Crippen LogP contribution in [0.2, 0.25) is 0 Å². The van der Waals surface area contributed by atoms with Gasteiger partial charge < -0.3 is 0 Å². The number of halogens is 3. The highest BCUT2D eigenvalue weighted by molar-refractivity contribution is 9.10. The molecule has 3 heteroatoms. The summed E-state index contributed by atoms with van der Waals surface area (Å²) in [5.41, 5.74) is 1.95. The van der Waals surface area contributed by atoms with Crippen LogP contribution in [0.5, 0.6) is 0 Å². The van der Waals surface area contributed by atoms with Crippen LogP contribution in [0.25, 0.3) is 0 Å². The van der Waals surface area contributed by atoms with E-state index in [1.807, 2.05) is 30.3 Å². The van der Waals surface area contributed by atoms with Gasteiger partial charge in [0.05, 0.1) is 5.38 Å². The van der Waals surface area contributed by atoms with Gasteiger partial charge in [0.15, 0.2) is 0 Å². The molecule has 0 nitrogen and oxygen atoms in total. The number of hydrogen-bond donors (Lipinski definition) is 0. The van der Waals surface area contributed by atoms with Crippen molar-refractivity contribution in [2.24, 2.45) is 0 Å². The summed E-state index contributed by atoms with van der Waals surface area (Å²) < 4.78 is 14.0. The molecule has 0 aliphatic heterocycles. The summed E-state index contributed by atoms with van der Waals surface area (Å²) >= 11 is 9.69. The molecule has 0 bridgehead atoms. The smallest absolute Gasteiger partial charge is 0.123 e. The van der Waals surface area contributed by atoms with Gasteiger partial charge in [0, 0.05) is 4.47 Å². The fourth-order valence-corrected chi connectivity index (χ4v) is 2.25. The van der Waals surface area contributed by atoms with E-state index in [0.717, 1.165) is 15.6 Å². The lowest BCUT2D eigenvalue weighted by Crippen LogP contribution is -1.96. The molecule has 1 unspecified atom stereocenters. The van der Waals surface area contributed by atoms with Gasteiger partial charge in [0.1, 0.15) is 5.82 Å². The summed E-state index contributed by atoms with van der Waals surface area (Å²) in [4.78, 5) is 0. The first-order chi connectivity index (χ1) is 8.15. The molecule has 17 heavy (non-hydrogen) atoms.